The van der Waals surface area contributed by atoms with E-state index in [1.54, 1.807) is 36.4 Å². The van der Waals surface area contributed by atoms with Crippen molar-refractivity contribution in [2.75, 3.05) is 11.9 Å². The number of hydrogen-bond donors (Lipinski definition) is 2. The van der Waals surface area contributed by atoms with Crippen molar-refractivity contribution in [1.82, 2.24) is 14.5 Å². The summed E-state index contributed by atoms with van der Waals surface area (Å²) >= 11 is 0. The van der Waals surface area contributed by atoms with Crippen molar-refractivity contribution >= 4 is 38.2 Å². The number of carbonyl (C=O) groups is 1. The number of rotatable bonds is 6. The molecule has 1 aliphatic rings. The van der Waals surface area contributed by atoms with Crippen LogP contribution >= 0.6 is 0 Å². The minimum atomic E-state index is -3.85. The highest BCUT2D eigenvalue weighted by Gasteiger charge is 2.20. The summed E-state index contributed by atoms with van der Waals surface area (Å²) in [5.41, 5.74) is 0.139. The molecule has 9 nitrogen and oxygen atoms in total. The molecule has 2 heterocycles. The Morgan fingerprint density at radius 1 is 1.06 bits per heavy atom. The standard InChI is InChI=1S/C25H29N5O4S/c1-17(2)16-30-25(32)21-12-6-5-11-20(21)23(28-30)24(31)27-18-9-8-10-19(15-18)35(33,34)29-22-13-4-3-7-14-26-22/h5-6,8-12,15,17H,3-4,7,13-14,16H2,1-2H3,(H,26,29)(H,27,31). The lowest BCUT2D eigenvalue weighted by molar-refractivity contribution is 0.102. The maximum atomic E-state index is 13.2. The lowest BCUT2D eigenvalue weighted by atomic mass is 10.1. The Bertz CT molecular complexity index is 1440. The molecule has 0 spiro atoms. The van der Waals surface area contributed by atoms with Crippen LogP contribution in [0.2, 0.25) is 0 Å². The summed E-state index contributed by atoms with van der Waals surface area (Å²) in [5.74, 6) is 0.0825. The highest BCUT2D eigenvalue weighted by atomic mass is 32.2. The summed E-state index contributed by atoms with van der Waals surface area (Å²) in [6, 6.07) is 12.8. The highest BCUT2D eigenvalue weighted by molar-refractivity contribution is 7.90. The van der Waals surface area contributed by atoms with Gasteiger partial charge in [-0.25, -0.2) is 13.1 Å². The number of anilines is 1. The van der Waals surface area contributed by atoms with E-state index in [4.69, 9.17) is 0 Å². The van der Waals surface area contributed by atoms with Gasteiger partial charge in [-0.1, -0.05) is 44.5 Å². The molecule has 0 saturated heterocycles. The fourth-order valence-electron chi connectivity index (χ4n) is 3.98. The third-order valence-electron chi connectivity index (χ3n) is 5.65. The van der Waals surface area contributed by atoms with Crippen LogP contribution < -0.4 is 15.6 Å². The molecule has 2 N–H and O–H groups in total. The average Bonchev–Trinajstić information content (AvgIpc) is 3.09. The first-order valence-electron chi connectivity index (χ1n) is 11.7. The first kappa shape index (κ1) is 24.6. The Morgan fingerprint density at radius 2 is 1.83 bits per heavy atom. The van der Waals surface area contributed by atoms with E-state index in [2.05, 4.69) is 20.1 Å². The number of carbonyl (C=O) groups excluding carboxylic acids is 1. The third-order valence-corrected chi connectivity index (χ3v) is 7.03. The van der Waals surface area contributed by atoms with Gasteiger partial charge in [0.1, 0.15) is 5.84 Å². The zero-order valence-electron chi connectivity index (χ0n) is 19.8. The smallest absolute Gasteiger partial charge is 0.276 e. The number of aromatic nitrogens is 2. The van der Waals surface area contributed by atoms with Gasteiger partial charge < -0.3 is 5.32 Å². The van der Waals surface area contributed by atoms with Gasteiger partial charge in [0.05, 0.1) is 10.3 Å². The van der Waals surface area contributed by atoms with Crippen LogP contribution in [-0.2, 0) is 16.6 Å². The largest absolute Gasteiger partial charge is 0.321 e. The van der Waals surface area contributed by atoms with Crippen molar-refractivity contribution in [3.63, 3.8) is 0 Å². The van der Waals surface area contributed by atoms with Crippen molar-refractivity contribution in [2.45, 2.75) is 51.0 Å². The van der Waals surface area contributed by atoms with Gasteiger partial charge in [-0.3, -0.25) is 19.3 Å². The van der Waals surface area contributed by atoms with E-state index in [-0.39, 0.29) is 22.1 Å². The number of benzene rings is 2. The Balaban J connectivity index is 1.63. The third kappa shape index (κ3) is 5.76. The predicted octanol–water partition coefficient (Wildman–Crippen LogP) is 3.56. The SMILES string of the molecule is CC(C)Cn1nc(C(=O)Nc2cccc(S(=O)(=O)NC3=NCCCCC3)c2)c2ccccc2c1=O. The van der Waals surface area contributed by atoms with E-state index in [0.717, 1.165) is 19.3 Å². The van der Waals surface area contributed by atoms with E-state index in [1.807, 2.05) is 13.8 Å². The summed E-state index contributed by atoms with van der Waals surface area (Å²) < 4.78 is 29.7. The maximum Gasteiger partial charge on any atom is 0.276 e. The van der Waals surface area contributed by atoms with Crippen LogP contribution in [0.3, 0.4) is 0 Å². The first-order valence-corrected chi connectivity index (χ1v) is 13.2. The molecule has 0 radical (unpaired) electrons. The number of nitrogens with zero attached hydrogens (tertiary/aromatic N) is 3. The van der Waals surface area contributed by atoms with Gasteiger partial charge in [0.2, 0.25) is 0 Å². The average molecular weight is 496 g/mol. The Labute approximate surface area is 204 Å². The molecule has 0 unspecified atom stereocenters. The Kier molecular flexibility index (Phi) is 7.30. The molecule has 4 rings (SSSR count). The van der Waals surface area contributed by atoms with Gasteiger partial charge >= 0.3 is 0 Å². The molecule has 184 valence electrons. The van der Waals surface area contributed by atoms with Crippen LogP contribution in [0.25, 0.3) is 10.8 Å². The zero-order valence-corrected chi connectivity index (χ0v) is 20.6. The molecular weight excluding hydrogens is 466 g/mol. The van der Waals surface area contributed by atoms with Gasteiger partial charge in [0.25, 0.3) is 21.5 Å². The maximum absolute atomic E-state index is 13.2. The lowest BCUT2D eigenvalue weighted by Gasteiger charge is -2.13. The molecular formula is C25H29N5O4S. The van der Waals surface area contributed by atoms with Gasteiger partial charge in [-0.2, -0.15) is 5.10 Å². The number of fused-ring (bicyclic) bond motifs is 1. The van der Waals surface area contributed by atoms with Crippen LogP contribution in [-0.4, -0.2) is 36.5 Å². The molecule has 0 fully saturated rings. The van der Waals surface area contributed by atoms with Crippen molar-refractivity contribution in [3.05, 3.63) is 64.6 Å². The molecule has 10 heteroatoms. The monoisotopic (exact) mass is 495 g/mol. The van der Waals surface area contributed by atoms with E-state index in [9.17, 15) is 18.0 Å². The molecule has 0 aliphatic carbocycles. The number of amidine groups is 1. The normalized spacial score (nSPS) is 14.4. The molecule has 2 aromatic carbocycles. The molecule has 0 saturated carbocycles. The quantitative estimate of drug-likeness (QED) is 0.541. The number of nitrogens with one attached hydrogen (secondary N) is 2. The summed E-state index contributed by atoms with van der Waals surface area (Å²) in [4.78, 5) is 30.4. The highest BCUT2D eigenvalue weighted by Crippen LogP contribution is 2.19. The van der Waals surface area contributed by atoms with Crippen LogP contribution in [0.5, 0.6) is 0 Å². The molecule has 0 bridgehead atoms. The minimum absolute atomic E-state index is 0.0184. The van der Waals surface area contributed by atoms with E-state index < -0.39 is 15.9 Å². The summed E-state index contributed by atoms with van der Waals surface area (Å²) in [6.45, 7) is 4.90. The Morgan fingerprint density at radius 3 is 2.60 bits per heavy atom. The molecule has 35 heavy (non-hydrogen) atoms. The van der Waals surface area contributed by atoms with Crippen molar-refractivity contribution in [3.8, 4) is 0 Å². The van der Waals surface area contributed by atoms with Crippen LogP contribution in [0.1, 0.15) is 50.0 Å². The second-order valence-electron chi connectivity index (χ2n) is 9.00. The lowest BCUT2D eigenvalue weighted by Crippen LogP contribution is -2.30. The van der Waals surface area contributed by atoms with Crippen LogP contribution in [0.15, 0.2) is 63.2 Å². The van der Waals surface area contributed by atoms with Crippen molar-refractivity contribution < 1.29 is 13.2 Å². The van der Waals surface area contributed by atoms with E-state index in [0.29, 0.717) is 41.8 Å². The second-order valence-corrected chi connectivity index (χ2v) is 10.7. The second kappa shape index (κ2) is 10.4. The van der Waals surface area contributed by atoms with Crippen molar-refractivity contribution in [1.29, 1.82) is 0 Å². The Hall–Kier alpha value is -3.53. The fraction of sp³-hybridized carbons (Fsp3) is 0.360. The molecule has 0 atom stereocenters. The van der Waals surface area contributed by atoms with Gasteiger partial charge in [0.15, 0.2) is 5.69 Å². The van der Waals surface area contributed by atoms with E-state index in [1.165, 1.54) is 16.8 Å². The number of amides is 1. The summed E-state index contributed by atoms with van der Waals surface area (Å²) in [6.07, 6.45) is 3.43. The number of hydrogen-bond acceptors (Lipinski definition) is 6. The summed E-state index contributed by atoms with van der Waals surface area (Å²) in [7, 11) is -3.85. The predicted molar refractivity (Wildman–Crippen MR) is 136 cm³/mol. The van der Waals surface area contributed by atoms with E-state index >= 15 is 0 Å². The van der Waals surface area contributed by atoms with Crippen LogP contribution in [0, 0.1) is 5.92 Å². The zero-order chi connectivity index (χ0) is 25.0. The first-order chi connectivity index (χ1) is 16.7. The van der Waals surface area contributed by atoms with Crippen molar-refractivity contribution in [2.24, 2.45) is 10.9 Å². The molecule has 1 amide bonds. The van der Waals surface area contributed by atoms with Gasteiger partial charge in [-0.05, 0) is 43.0 Å². The van der Waals surface area contributed by atoms with Gasteiger partial charge in [0, 0.05) is 30.6 Å². The van der Waals surface area contributed by atoms with Crippen LogP contribution in [0.4, 0.5) is 5.69 Å². The molecule has 1 aliphatic heterocycles. The fourth-order valence-corrected chi connectivity index (χ4v) is 5.11. The molecule has 1 aromatic heterocycles. The summed E-state index contributed by atoms with van der Waals surface area (Å²) in [5, 5.41) is 7.91. The minimum Gasteiger partial charge on any atom is -0.321 e. The molecule has 3 aromatic rings. The topological polar surface area (TPSA) is 123 Å². The number of aliphatic imine (C=N–C) groups is 1. The number of sulfonamides is 1. The van der Waals surface area contributed by atoms with Gasteiger partial charge in [-0.15, -0.1) is 0 Å².